The molecule has 0 saturated carbocycles. The maximum atomic E-state index is 13.3. The Morgan fingerprint density at radius 2 is 1.86 bits per heavy atom. The second-order valence-electron chi connectivity index (χ2n) is 8.83. The molecule has 0 unspecified atom stereocenters. The van der Waals surface area contributed by atoms with Gasteiger partial charge in [0.05, 0.1) is 6.54 Å². The highest BCUT2D eigenvalue weighted by molar-refractivity contribution is 5.91. The molecule has 0 radical (unpaired) electrons. The average Bonchev–Trinajstić information content (AvgIpc) is 3.46. The minimum absolute atomic E-state index is 0.129. The number of carboxylic acid groups (broad SMARTS) is 1. The minimum atomic E-state index is -1.22. The Morgan fingerprint density at radius 1 is 1.14 bits per heavy atom. The third-order valence-corrected chi connectivity index (χ3v) is 5.74. The minimum Gasteiger partial charge on any atom is -0.475 e. The first kappa shape index (κ1) is 24.0. The van der Waals surface area contributed by atoms with Crippen molar-refractivity contribution in [2.24, 2.45) is 13.0 Å². The lowest BCUT2D eigenvalue weighted by molar-refractivity contribution is 0.0663. The Bertz CT molecular complexity index is 1530. The zero-order chi connectivity index (χ0) is 25.3. The molecule has 0 aliphatic heterocycles. The zero-order valence-electron chi connectivity index (χ0n) is 20.2. The summed E-state index contributed by atoms with van der Waals surface area (Å²) < 4.78 is 9.79. The van der Waals surface area contributed by atoms with Crippen LogP contribution in [0.5, 0.6) is 0 Å². The van der Waals surface area contributed by atoms with Crippen LogP contribution in [-0.4, -0.2) is 30.0 Å². The Labute approximate surface area is 201 Å². The molecule has 182 valence electrons. The van der Waals surface area contributed by atoms with Crippen LogP contribution in [0.4, 0.5) is 0 Å². The van der Waals surface area contributed by atoms with E-state index in [9.17, 15) is 19.5 Å². The topological polar surface area (TPSA) is 112 Å². The van der Waals surface area contributed by atoms with Crippen LogP contribution in [0.1, 0.15) is 43.3 Å². The number of carboxylic acids is 1. The van der Waals surface area contributed by atoms with Crippen molar-refractivity contribution in [2.45, 2.75) is 40.3 Å². The third-order valence-electron chi connectivity index (χ3n) is 5.74. The zero-order valence-corrected chi connectivity index (χ0v) is 20.2. The van der Waals surface area contributed by atoms with Crippen molar-refractivity contribution in [3.8, 4) is 11.5 Å². The summed E-state index contributed by atoms with van der Waals surface area (Å²) in [6.07, 6.45) is 2.86. The molecule has 0 bridgehead atoms. The molecule has 3 aromatic heterocycles. The molecule has 0 aliphatic rings. The highest BCUT2D eigenvalue weighted by Crippen LogP contribution is 2.30. The molecule has 0 aliphatic carbocycles. The number of benzene rings is 1. The van der Waals surface area contributed by atoms with Crippen LogP contribution < -0.4 is 11.2 Å². The number of fused-ring (bicyclic) bond motifs is 1. The van der Waals surface area contributed by atoms with Gasteiger partial charge in [-0.2, -0.15) is 5.10 Å². The van der Waals surface area contributed by atoms with Crippen LogP contribution in [0.25, 0.3) is 28.1 Å². The molecule has 0 spiro atoms. The number of aromatic carboxylic acids is 1. The van der Waals surface area contributed by atoms with E-state index in [1.54, 1.807) is 4.68 Å². The van der Waals surface area contributed by atoms with Crippen LogP contribution in [0.15, 0.2) is 62.5 Å². The molecule has 0 amide bonds. The summed E-state index contributed by atoms with van der Waals surface area (Å²) in [6, 6.07) is 12.7. The van der Waals surface area contributed by atoms with Crippen LogP contribution in [0.2, 0.25) is 0 Å². The largest absolute Gasteiger partial charge is 0.475 e. The fourth-order valence-corrected chi connectivity index (χ4v) is 4.17. The summed E-state index contributed by atoms with van der Waals surface area (Å²) in [6.45, 7) is 6.65. The highest BCUT2D eigenvalue weighted by Gasteiger charge is 2.25. The Morgan fingerprint density at radius 3 is 2.46 bits per heavy atom. The first-order chi connectivity index (χ1) is 16.7. The molecule has 3 heterocycles. The molecule has 0 atom stereocenters. The normalized spacial score (nSPS) is 12.1. The Balaban J connectivity index is 2.04. The van der Waals surface area contributed by atoms with E-state index in [0.29, 0.717) is 18.8 Å². The average molecular weight is 477 g/mol. The van der Waals surface area contributed by atoms with E-state index in [2.05, 4.69) is 6.08 Å². The van der Waals surface area contributed by atoms with Gasteiger partial charge >= 0.3 is 11.7 Å². The van der Waals surface area contributed by atoms with Gasteiger partial charge in [0.2, 0.25) is 5.76 Å². The van der Waals surface area contributed by atoms with Gasteiger partial charge in [-0.3, -0.25) is 18.6 Å². The summed E-state index contributed by atoms with van der Waals surface area (Å²) in [5.41, 5.74) is 1.59. The van der Waals surface area contributed by atoms with Crippen LogP contribution in [0, 0.1) is 5.92 Å². The first-order valence-electron chi connectivity index (χ1n) is 11.5. The van der Waals surface area contributed by atoms with Gasteiger partial charge in [0.15, 0.2) is 11.4 Å². The quantitative estimate of drug-likeness (QED) is 0.411. The Hall–Kier alpha value is -4.14. The van der Waals surface area contributed by atoms with Crippen LogP contribution in [0.3, 0.4) is 0 Å². The second-order valence-corrected chi connectivity index (χ2v) is 8.83. The molecule has 4 rings (SSSR count). The van der Waals surface area contributed by atoms with Gasteiger partial charge in [0, 0.05) is 13.6 Å². The Kier molecular flexibility index (Phi) is 6.59. The van der Waals surface area contributed by atoms with Crippen molar-refractivity contribution < 1.29 is 14.3 Å². The fourth-order valence-electron chi connectivity index (χ4n) is 4.17. The summed E-state index contributed by atoms with van der Waals surface area (Å²) in [5, 5.41) is 14.3. The van der Waals surface area contributed by atoms with Crippen LogP contribution in [-0.2, 0) is 20.1 Å². The summed E-state index contributed by atoms with van der Waals surface area (Å²) in [7, 11) is 1.43. The third kappa shape index (κ3) is 4.49. The van der Waals surface area contributed by atoms with E-state index in [-0.39, 0.29) is 28.5 Å². The van der Waals surface area contributed by atoms with E-state index in [1.165, 1.54) is 23.7 Å². The second kappa shape index (κ2) is 9.61. The lowest BCUT2D eigenvalue weighted by atomic mass is 10.0. The van der Waals surface area contributed by atoms with E-state index in [0.717, 1.165) is 22.1 Å². The van der Waals surface area contributed by atoms with Crippen LogP contribution >= 0.6 is 0 Å². The maximum Gasteiger partial charge on any atom is 0.371 e. The standard InChI is InChI=1S/C26H28N4O5/c1-5-9-18(17-10-7-6-8-11-17)15-30-22(19-12-13-20(35-19)25(32)33)21-23(27-30)29(14-16(2)3)26(34)28(4)24(21)31/h6-13,16H,5,14-15H2,1-4H3,(H,32,33)/b18-9+. The number of hydrogen-bond donors (Lipinski definition) is 1. The van der Waals surface area contributed by atoms with Gasteiger partial charge in [-0.25, -0.2) is 9.59 Å². The molecule has 1 N–H and O–H groups in total. The van der Waals surface area contributed by atoms with Crippen molar-refractivity contribution in [1.29, 1.82) is 0 Å². The van der Waals surface area contributed by atoms with Crippen molar-refractivity contribution in [3.63, 3.8) is 0 Å². The SMILES string of the molecule is CC/C=C(\Cn1nc2c(c1-c1ccc(C(=O)O)o1)c(=O)n(C)c(=O)n2CC(C)C)c1ccccc1. The first-order valence-corrected chi connectivity index (χ1v) is 11.5. The summed E-state index contributed by atoms with van der Waals surface area (Å²) in [5.74, 6) is -1.14. The predicted molar refractivity (Wildman–Crippen MR) is 133 cm³/mol. The van der Waals surface area contributed by atoms with Gasteiger partial charge in [-0.1, -0.05) is 57.2 Å². The van der Waals surface area contributed by atoms with Gasteiger partial charge in [0.25, 0.3) is 5.56 Å². The molecule has 9 heteroatoms. The molecule has 4 aromatic rings. The summed E-state index contributed by atoms with van der Waals surface area (Å²) >= 11 is 0. The monoisotopic (exact) mass is 476 g/mol. The number of nitrogens with zero attached hydrogens (tertiary/aromatic N) is 4. The number of allylic oxidation sites excluding steroid dienone is 2. The lowest BCUT2D eigenvalue weighted by Crippen LogP contribution is -2.38. The maximum absolute atomic E-state index is 13.3. The van der Waals surface area contributed by atoms with Gasteiger partial charge in [-0.05, 0) is 35.6 Å². The van der Waals surface area contributed by atoms with Gasteiger partial charge in [-0.15, -0.1) is 0 Å². The molecular formula is C26H28N4O5. The van der Waals surface area contributed by atoms with Gasteiger partial charge < -0.3 is 9.52 Å². The lowest BCUT2D eigenvalue weighted by Gasteiger charge is -2.11. The molecule has 1 aromatic carbocycles. The molecule has 9 nitrogen and oxygen atoms in total. The smallest absolute Gasteiger partial charge is 0.371 e. The predicted octanol–water partition coefficient (Wildman–Crippen LogP) is 4.00. The number of aromatic nitrogens is 4. The summed E-state index contributed by atoms with van der Waals surface area (Å²) in [4.78, 5) is 37.8. The van der Waals surface area contributed by atoms with Gasteiger partial charge in [0.1, 0.15) is 11.1 Å². The molecular weight excluding hydrogens is 448 g/mol. The molecule has 35 heavy (non-hydrogen) atoms. The molecule has 0 saturated heterocycles. The van der Waals surface area contributed by atoms with E-state index in [4.69, 9.17) is 9.52 Å². The van der Waals surface area contributed by atoms with Crippen molar-refractivity contribution in [2.75, 3.05) is 0 Å². The van der Waals surface area contributed by atoms with E-state index >= 15 is 0 Å². The number of furan rings is 1. The van der Waals surface area contributed by atoms with Crippen molar-refractivity contribution >= 4 is 22.6 Å². The number of rotatable bonds is 8. The van der Waals surface area contributed by atoms with Crippen molar-refractivity contribution in [1.82, 2.24) is 18.9 Å². The number of hydrogen-bond acceptors (Lipinski definition) is 5. The molecule has 0 fully saturated rings. The fraction of sp³-hybridized carbons (Fsp3) is 0.308. The number of carbonyl (C=O) groups is 1. The highest BCUT2D eigenvalue weighted by atomic mass is 16.4. The van der Waals surface area contributed by atoms with E-state index in [1.807, 2.05) is 51.1 Å². The van der Waals surface area contributed by atoms with E-state index < -0.39 is 17.2 Å². The van der Waals surface area contributed by atoms with Crippen molar-refractivity contribution in [3.05, 3.63) is 80.7 Å².